The highest BCUT2D eigenvalue weighted by molar-refractivity contribution is 4.89. The molecule has 0 unspecified atom stereocenters. The lowest BCUT2D eigenvalue weighted by atomic mass is 10.2. The molecule has 0 heterocycles. The zero-order valence-corrected chi connectivity index (χ0v) is 6.68. The molecule has 0 spiro atoms. The molecule has 1 heteroatoms. The van der Waals surface area contributed by atoms with E-state index in [1.165, 1.54) is 0 Å². The molecule has 0 aromatic carbocycles. The van der Waals surface area contributed by atoms with Crippen molar-refractivity contribution in [3.05, 3.63) is 0 Å². The highest BCUT2D eigenvalue weighted by Crippen LogP contribution is 2.00. The summed E-state index contributed by atoms with van der Waals surface area (Å²) in [5.74, 6) is 0. The van der Waals surface area contributed by atoms with E-state index in [4.69, 9.17) is 6.42 Å². The fourth-order valence-electron chi connectivity index (χ4n) is 0.894. The van der Waals surface area contributed by atoms with Crippen LogP contribution in [0.3, 0.4) is 0 Å². The second-order valence-corrected chi connectivity index (χ2v) is 2.72. The summed E-state index contributed by atoms with van der Waals surface area (Å²) in [5, 5.41) is 0. The Balaban J connectivity index is 3.87. The molecule has 1 nitrogen and oxygen atoms in total. The molecule has 0 N–H and O–H groups in total. The zero-order chi connectivity index (χ0) is 7.44. The number of rotatable bonds is 2. The van der Waals surface area contributed by atoms with Crippen molar-refractivity contribution in [2.24, 2.45) is 0 Å². The Labute approximate surface area is 58.1 Å². The van der Waals surface area contributed by atoms with Crippen molar-refractivity contribution in [3.8, 4) is 12.5 Å². The van der Waals surface area contributed by atoms with Crippen molar-refractivity contribution in [1.82, 2.24) is 4.90 Å². The predicted octanol–water partition coefficient (Wildman–Crippen LogP) is 1.70. The summed E-state index contributed by atoms with van der Waals surface area (Å²) in [6.45, 7) is 8.39. The molecule has 0 aromatic heterocycles. The molecule has 9 heavy (non-hydrogen) atoms. The van der Waals surface area contributed by atoms with Crippen LogP contribution in [0.4, 0.5) is 0 Å². The third-order valence-electron chi connectivity index (χ3n) is 1.26. The van der Waals surface area contributed by atoms with E-state index in [-0.39, 0.29) is 0 Å². The smallest absolute Gasteiger partial charge is 0.0317 e. The molecule has 0 atom stereocenters. The van der Waals surface area contributed by atoms with Gasteiger partial charge in [0, 0.05) is 18.1 Å². The van der Waals surface area contributed by atoms with Crippen molar-refractivity contribution >= 4 is 0 Å². The van der Waals surface area contributed by atoms with Crippen LogP contribution in [0.25, 0.3) is 0 Å². The van der Waals surface area contributed by atoms with Gasteiger partial charge in [0.15, 0.2) is 0 Å². The Morgan fingerprint density at radius 2 is 1.44 bits per heavy atom. The molecule has 0 saturated carbocycles. The zero-order valence-electron chi connectivity index (χ0n) is 6.68. The Hall–Kier alpha value is -0.640. The van der Waals surface area contributed by atoms with Gasteiger partial charge >= 0.3 is 0 Å². The molecule has 0 aromatic rings. The highest BCUT2D eigenvalue weighted by atomic mass is 15.1. The van der Waals surface area contributed by atoms with Gasteiger partial charge in [-0.3, -0.25) is 0 Å². The number of nitrogens with zero attached hydrogens (tertiary/aromatic N) is 1. The number of hydrogen-bond donors (Lipinski definition) is 0. The van der Waals surface area contributed by atoms with Gasteiger partial charge < -0.3 is 4.90 Å². The number of terminal acetylenes is 1. The quantitative estimate of drug-likeness (QED) is 0.401. The van der Waals surface area contributed by atoms with Crippen molar-refractivity contribution in [2.75, 3.05) is 0 Å². The Bertz CT molecular complexity index is 100. The predicted molar refractivity (Wildman–Crippen MR) is 40.9 cm³/mol. The molecule has 0 fully saturated rings. The van der Waals surface area contributed by atoms with Gasteiger partial charge in [-0.05, 0) is 27.7 Å². The van der Waals surface area contributed by atoms with Gasteiger partial charge in [-0.15, -0.1) is 0 Å². The molecule has 0 aliphatic heterocycles. The minimum absolute atomic E-state index is 0.454. The maximum Gasteiger partial charge on any atom is 0.0317 e. The summed E-state index contributed by atoms with van der Waals surface area (Å²) in [5.41, 5.74) is 0. The lowest BCUT2D eigenvalue weighted by Crippen LogP contribution is -2.32. The van der Waals surface area contributed by atoms with Crippen molar-refractivity contribution in [3.63, 3.8) is 0 Å². The maximum atomic E-state index is 5.25. The molecule has 0 bridgehead atoms. The summed E-state index contributed by atoms with van der Waals surface area (Å²) in [6.07, 6.45) is 5.25. The molecular formula is C8H15N. The first-order valence-corrected chi connectivity index (χ1v) is 3.34. The van der Waals surface area contributed by atoms with E-state index in [1.807, 2.05) is 4.90 Å². The lowest BCUT2D eigenvalue weighted by Gasteiger charge is -2.25. The Morgan fingerprint density at radius 3 is 1.44 bits per heavy atom. The largest absolute Gasteiger partial charge is 0.328 e. The summed E-state index contributed by atoms with van der Waals surface area (Å²) in [6, 6.07) is 3.54. The van der Waals surface area contributed by atoms with E-state index in [1.54, 1.807) is 0 Å². The van der Waals surface area contributed by atoms with Crippen LogP contribution in [0.5, 0.6) is 0 Å². The van der Waals surface area contributed by atoms with Gasteiger partial charge in [0.2, 0.25) is 0 Å². The molecule has 0 saturated heterocycles. The van der Waals surface area contributed by atoms with Crippen LogP contribution >= 0.6 is 0 Å². The van der Waals surface area contributed by atoms with Crippen LogP contribution in [0, 0.1) is 12.5 Å². The first-order chi connectivity index (χ1) is 4.09. The lowest BCUT2D eigenvalue weighted by molar-refractivity contribution is 0.275. The third kappa shape index (κ3) is 2.41. The topological polar surface area (TPSA) is 3.24 Å². The van der Waals surface area contributed by atoms with Crippen LogP contribution in [-0.4, -0.2) is 17.0 Å². The molecule has 0 aliphatic carbocycles. The standard InChI is InChI=1S/C8H15N/c1-6-9(7(2)3)8(4)5/h1,7-8H,2-5H3. The monoisotopic (exact) mass is 125 g/mol. The fraction of sp³-hybridized carbons (Fsp3) is 0.750. The minimum atomic E-state index is 0.454. The van der Waals surface area contributed by atoms with E-state index in [0.29, 0.717) is 12.1 Å². The summed E-state index contributed by atoms with van der Waals surface area (Å²) < 4.78 is 0. The van der Waals surface area contributed by atoms with E-state index in [2.05, 4.69) is 33.7 Å². The molecule has 0 amide bonds. The second kappa shape index (κ2) is 3.40. The molecule has 0 aliphatic rings. The second-order valence-electron chi connectivity index (χ2n) is 2.72. The van der Waals surface area contributed by atoms with Crippen LogP contribution in [0.1, 0.15) is 27.7 Å². The normalized spacial score (nSPS) is 9.89. The third-order valence-corrected chi connectivity index (χ3v) is 1.26. The van der Waals surface area contributed by atoms with Crippen molar-refractivity contribution in [1.29, 1.82) is 0 Å². The summed E-state index contributed by atoms with van der Waals surface area (Å²) in [7, 11) is 0. The average molecular weight is 125 g/mol. The van der Waals surface area contributed by atoms with E-state index in [0.717, 1.165) is 0 Å². The van der Waals surface area contributed by atoms with Gasteiger partial charge in [0.25, 0.3) is 0 Å². The maximum absolute atomic E-state index is 5.25. The van der Waals surface area contributed by atoms with E-state index < -0.39 is 0 Å². The fourth-order valence-corrected chi connectivity index (χ4v) is 0.894. The van der Waals surface area contributed by atoms with Crippen LogP contribution in [0.2, 0.25) is 0 Å². The molecule has 52 valence electrons. The van der Waals surface area contributed by atoms with Crippen molar-refractivity contribution in [2.45, 2.75) is 39.8 Å². The highest BCUT2D eigenvalue weighted by Gasteiger charge is 2.06. The van der Waals surface area contributed by atoms with Gasteiger partial charge in [-0.1, -0.05) is 6.42 Å². The average Bonchev–Trinajstić information content (AvgIpc) is 1.64. The van der Waals surface area contributed by atoms with Crippen LogP contribution < -0.4 is 0 Å². The summed E-state index contributed by atoms with van der Waals surface area (Å²) >= 11 is 0. The van der Waals surface area contributed by atoms with Crippen LogP contribution in [0.15, 0.2) is 0 Å². The Kier molecular flexibility index (Phi) is 3.16. The van der Waals surface area contributed by atoms with Gasteiger partial charge in [-0.2, -0.15) is 0 Å². The first-order valence-electron chi connectivity index (χ1n) is 3.34. The SMILES string of the molecule is C#CN(C(C)C)C(C)C. The summed E-state index contributed by atoms with van der Waals surface area (Å²) in [4.78, 5) is 1.99. The van der Waals surface area contributed by atoms with E-state index in [9.17, 15) is 0 Å². The molecular weight excluding hydrogens is 110 g/mol. The minimum Gasteiger partial charge on any atom is -0.328 e. The van der Waals surface area contributed by atoms with Crippen LogP contribution in [-0.2, 0) is 0 Å². The molecule has 0 radical (unpaired) electrons. The van der Waals surface area contributed by atoms with Gasteiger partial charge in [-0.25, -0.2) is 0 Å². The Morgan fingerprint density at radius 1 is 1.11 bits per heavy atom. The number of hydrogen-bond acceptors (Lipinski definition) is 1. The van der Waals surface area contributed by atoms with E-state index >= 15 is 0 Å². The first kappa shape index (κ1) is 8.36. The van der Waals surface area contributed by atoms with Gasteiger partial charge in [0.1, 0.15) is 0 Å². The van der Waals surface area contributed by atoms with Gasteiger partial charge in [0.05, 0.1) is 0 Å². The molecule has 0 rings (SSSR count). The van der Waals surface area contributed by atoms with Crippen molar-refractivity contribution < 1.29 is 0 Å².